The van der Waals surface area contributed by atoms with E-state index in [1.807, 2.05) is 18.2 Å². The predicted molar refractivity (Wildman–Crippen MR) is 114 cm³/mol. The molecule has 1 aromatic carbocycles. The van der Waals surface area contributed by atoms with Crippen LogP contribution in [-0.4, -0.2) is 26.4 Å². The van der Waals surface area contributed by atoms with Crippen molar-refractivity contribution in [3.8, 4) is 11.3 Å². The molecule has 0 radical (unpaired) electrons. The molecule has 0 saturated heterocycles. The monoisotopic (exact) mass is 394 g/mol. The van der Waals surface area contributed by atoms with Crippen LogP contribution in [0, 0.1) is 6.92 Å². The van der Waals surface area contributed by atoms with Gasteiger partial charge in [0.15, 0.2) is 0 Å². The summed E-state index contributed by atoms with van der Waals surface area (Å²) in [7, 11) is 0. The first-order valence-corrected chi connectivity index (χ1v) is 10.5. The Hall–Kier alpha value is -2.31. The topological polar surface area (TPSA) is 61.9 Å². The van der Waals surface area contributed by atoms with Crippen LogP contribution in [0.1, 0.15) is 47.7 Å². The molecule has 0 fully saturated rings. The molecule has 0 unspecified atom stereocenters. The standard InChI is InChI=1S/C22H26N4OS/c1-14-23-19(15-8-6-5-7-9-15)18(28-14)13-26-11-10-17-16(12-26)20(27)25-21(24-17)22(2,3)4/h5-9H,10-13H2,1-4H3,(H,24,25,27). The van der Waals surface area contributed by atoms with Gasteiger partial charge < -0.3 is 4.98 Å². The second kappa shape index (κ2) is 7.26. The Morgan fingerprint density at radius 1 is 1.18 bits per heavy atom. The molecule has 0 aliphatic carbocycles. The number of nitrogens with zero attached hydrogens (tertiary/aromatic N) is 3. The normalized spacial score (nSPS) is 14.9. The Balaban J connectivity index is 1.59. The van der Waals surface area contributed by atoms with E-state index in [9.17, 15) is 4.79 Å². The first-order valence-electron chi connectivity index (χ1n) is 9.68. The summed E-state index contributed by atoms with van der Waals surface area (Å²) in [4.78, 5) is 28.8. The van der Waals surface area contributed by atoms with Crippen LogP contribution in [0.2, 0.25) is 0 Å². The zero-order chi connectivity index (χ0) is 19.9. The largest absolute Gasteiger partial charge is 0.310 e. The summed E-state index contributed by atoms with van der Waals surface area (Å²) in [6.45, 7) is 10.6. The second-order valence-electron chi connectivity index (χ2n) is 8.42. The fourth-order valence-corrected chi connectivity index (χ4v) is 4.57. The first kappa shape index (κ1) is 19.0. The number of fused-ring (bicyclic) bond motifs is 1. The van der Waals surface area contributed by atoms with Gasteiger partial charge in [-0.25, -0.2) is 9.97 Å². The number of aromatic nitrogens is 3. The van der Waals surface area contributed by atoms with Crippen LogP contribution >= 0.6 is 11.3 Å². The molecule has 0 bridgehead atoms. The summed E-state index contributed by atoms with van der Waals surface area (Å²) in [5.74, 6) is 0.772. The lowest BCUT2D eigenvalue weighted by Crippen LogP contribution is -2.37. The van der Waals surface area contributed by atoms with Crippen molar-refractivity contribution in [3.63, 3.8) is 0 Å². The van der Waals surface area contributed by atoms with Crippen LogP contribution < -0.4 is 5.56 Å². The minimum atomic E-state index is -0.157. The summed E-state index contributed by atoms with van der Waals surface area (Å²) >= 11 is 1.74. The third-order valence-electron chi connectivity index (χ3n) is 5.08. The number of benzene rings is 1. The predicted octanol–water partition coefficient (Wildman–Crippen LogP) is 4.06. The van der Waals surface area contributed by atoms with Crippen molar-refractivity contribution in [3.05, 3.63) is 67.7 Å². The van der Waals surface area contributed by atoms with Crippen molar-refractivity contribution in [2.75, 3.05) is 6.54 Å². The van der Waals surface area contributed by atoms with Gasteiger partial charge in [-0.1, -0.05) is 51.1 Å². The molecule has 5 nitrogen and oxygen atoms in total. The van der Waals surface area contributed by atoms with Crippen molar-refractivity contribution in [2.24, 2.45) is 0 Å². The molecule has 28 heavy (non-hydrogen) atoms. The summed E-state index contributed by atoms with van der Waals surface area (Å²) in [6, 6.07) is 10.3. The van der Waals surface area contributed by atoms with Gasteiger partial charge in [-0.15, -0.1) is 11.3 Å². The third kappa shape index (κ3) is 3.80. The molecular formula is C22H26N4OS. The summed E-state index contributed by atoms with van der Waals surface area (Å²) < 4.78 is 0. The zero-order valence-corrected chi connectivity index (χ0v) is 17.7. The maximum atomic E-state index is 12.7. The maximum absolute atomic E-state index is 12.7. The molecule has 3 aromatic rings. The molecule has 2 aromatic heterocycles. The van der Waals surface area contributed by atoms with E-state index in [0.717, 1.165) is 52.9 Å². The minimum Gasteiger partial charge on any atom is -0.310 e. The number of aromatic amines is 1. The molecule has 0 spiro atoms. The molecule has 3 heterocycles. The Morgan fingerprint density at radius 2 is 1.93 bits per heavy atom. The average Bonchev–Trinajstić information content (AvgIpc) is 3.02. The lowest BCUT2D eigenvalue weighted by atomic mass is 9.95. The van der Waals surface area contributed by atoms with Gasteiger partial charge in [0, 0.05) is 41.9 Å². The quantitative estimate of drug-likeness (QED) is 0.728. The van der Waals surface area contributed by atoms with Gasteiger partial charge in [-0.05, 0) is 6.92 Å². The number of thiazole rings is 1. The average molecular weight is 395 g/mol. The van der Waals surface area contributed by atoms with Crippen molar-refractivity contribution in [1.82, 2.24) is 19.9 Å². The number of H-pyrrole nitrogens is 1. The second-order valence-corrected chi connectivity index (χ2v) is 9.71. The van der Waals surface area contributed by atoms with Gasteiger partial charge in [-0.2, -0.15) is 0 Å². The van der Waals surface area contributed by atoms with Gasteiger partial charge in [0.1, 0.15) is 5.82 Å². The first-order chi connectivity index (χ1) is 13.3. The molecule has 6 heteroatoms. The van der Waals surface area contributed by atoms with E-state index in [0.29, 0.717) is 6.54 Å². The SMILES string of the molecule is Cc1nc(-c2ccccc2)c(CN2CCc3nc(C(C)(C)C)[nH]c(=O)c3C2)s1. The third-order valence-corrected chi connectivity index (χ3v) is 6.03. The van der Waals surface area contributed by atoms with Crippen molar-refractivity contribution >= 4 is 11.3 Å². The Morgan fingerprint density at radius 3 is 2.64 bits per heavy atom. The van der Waals surface area contributed by atoms with Crippen molar-refractivity contribution in [2.45, 2.75) is 52.6 Å². The number of nitrogens with one attached hydrogen (secondary N) is 1. The maximum Gasteiger partial charge on any atom is 0.255 e. The van der Waals surface area contributed by atoms with E-state index >= 15 is 0 Å². The van der Waals surface area contributed by atoms with Crippen LogP contribution in [0.3, 0.4) is 0 Å². The summed E-state index contributed by atoms with van der Waals surface area (Å²) in [5, 5.41) is 1.07. The number of hydrogen-bond acceptors (Lipinski definition) is 5. The minimum absolute atomic E-state index is 0.00314. The molecule has 146 valence electrons. The highest BCUT2D eigenvalue weighted by atomic mass is 32.1. The van der Waals surface area contributed by atoms with Gasteiger partial charge in [0.2, 0.25) is 0 Å². The van der Waals surface area contributed by atoms with Gasteiger partial charge in [-0.3, -0.25) is 9.69 Å². The Bertz CT molecular complexity index is 1050. The van der Waals surface area contributed by atoms with E-state index < -0.39 is 0 Å². The number of hydrogen-bond donors (Lipinski definition) is 1. The van der Waals surface area contributed by atoms with Gasteiger partial charge in [0.25, 0.3) is 5.56 Å². The van der Waals surface area contributed by atoms with Crippen LogP contribution in [0.4, 0.5) is 0 Å². The van der Waals surface area contributed by atoms with Crippen LogP contribution in [-0.2, 0) is 24.9 Å². The smallest absolute Gasteiger partial charge is 0.255 e. The molecule has 0 amide bonds. The molecule has 1 aliphatic rings. The van der Waals surface area contributed by atoms with Gasteiger partial charge in [0.05, 0.1) is 22.0 Å². The highest BCUT2D eigenvalue weighted by Crippen LogP contribution is 2.30. The Kier molecular flexibility index (Phi) is 4.93. The molecule has 1 aliphatic heterocycles. The summed E-state index contributed by atoms with van der Waals surface area (Å²) in [5.41, 5.74) is 3.81. The lowest BCUT2D eigenvalue weighted by Gasteiger charge is -2.28. The fraction of sp³-hybridized carbons (Fsp3) is 0.409. The van der Waals surface area contributed by atoms with Crippen LogP contribution in [0.25, 0.3) is 11.3 Å². The van der Waals surface area contributed by atoms with Crippen LogP contribution in [0.15, 0.2) is 35.1 Å². The number of rotatable bonds is 3. The number of aryl methyl sites for hydroxylation is 1. The molecular weight excluding hydrogens is 368 g/mol. The van der Waals surface area contributed by atoms with E-state index in [2.05, 4.69) is 49.7 Å². The van der Waals surface area contributed by atoms with Crippen molar-refractivity contribution in [1.29, 1.82) is 0 Å². The molecule has 0 atom stereocenters. The molecule has 1 N–H and O–H groups in total. The van der Waals surface area contributed by atoms with Crippen molar-refractivity contribution < 1.29 is 0 Å². The summed E-state index contributed by atoms with van der Waals surface area (Å²) in [6.07, 6.45) is 0.806. The zero-order valence-electron chi connectivity index (χ0n) is 16.9. The Labute approximate surface area is 169 Å². The highest BCUT2D eigenvalue weighted by molar-refractivity contribution is 7.12. The van der Waals surface area contributed by atoms with E-state index in [4.69, 9.17) is 9.97 Å². The fourth-order valence-electron chi connectivity index (χ4n) is 3.57. The van der Waals surface area contributed by atoms with E-state index in [-0.39, 0.29) is 11.0 Å². The van der Waals surface area contributed by atoms with E-state index in [1.54, 1.807) is 11.3 Å². The lowest BCUT2D eigenvalue weighted by molar-refractivity contribution is 0.243. The molecule has 0 saturated carbocycles. The van der Waals surface area contributed by atoms with E-state index in [1.165, 1.54) is 4.88 Å². The van der Waals surface area contributed by atoms with Crippen LogP contribution in [0.5, 0.6) is 0 Å². The van der Waals surface area contributed by atoms with Gasteiger partial charge >= 0.3 is 0 Å². The highest BCUT2D eigenvalue weighted by Gasteiger charge is 2.25. The molecule has 4 rings (SSSR count).